The molecule has 6 rings (SSSR count). The van der Waals surface area contributed by atoms with Crippen molar-refractivity contribution in [3.63, 3.8) is 0 Å². The van der Waals surface area contributed by atoms with E-state index >= 15 is 0 Å². The van der Waals surface area contributed by atoms with E-state index < -0.39 is 0 Å². The first-order valence-electron chi connectivity index (χ1n) is 11.7. The molecule has 13 heteroatoms. The fourth-order valence-corrected chi connectivity index (χ4v) is 5.18. The molecule has 190 valence electrons. The zero-order chi connectivity index (χ0) is 26.4. The quantitative estimate of drug-likeness (QED) is 0.316. The summed E-state index contributed by atoms with van der Waals surface area (Å²) in [4.78, 5) is 36.8. The summed E-state index contributed by atoms with van der Waals surface area (Å²) in [6.45, 7) is 1.40. The second-order valence-corrected chi connectivity index (χ2v) is 9.61. The van der Waals surface area contributed by atoms with Crippen molar-refractivity contribution >= 4 is 34.9 Å². The molecule has 0 bridgehead atoms. The van der Waals surface area contributed by atoms with Crippen LogP contribution in [0.25, 0.3) is 28.1 Å². The normalized spacial score (nSPS) is 14.4. The van der Waals surface area contributed by atoms with E-state index in [0.29, 0.717) is 46.5 Å². The van der Waals surface area contributed by atoms with Gasteiger partial charge in [-0.2, -0.15) is 4.68 Å². The molecule has 5 aromatic rings. The van der Waals surface area contributed by atoms with Crippen LogP contribution in [0.5, 0.6) is 0 Å². The molecule has 0 aliphatic carbocycles. The lowest BCUT2D eigenvalue weighted by Crippen LogP contribution is -2.23. The maximum Gasteiger partial charge on any atom is 0.252 e. The Labute approximate surface area is 225 Å². The number of benzene rings is 1. The summed E-state index contributed by atoms with van der Waals surface area (Å²) in [6, 6.07) is 12.1. The second kappa shape index (κ2) is 9.51. The van der Waals surface area contributed by atoms with Gasteiger partial charge in [0, 0.05) is 34.8 Å². The first kappa shape index (κ1) is 24.0. The van der Waals surface area contributed by atoms with E-state index in [1.807, 2.05) is 12.1 Å². The Morgan fingerprint density at radius 3 is 2.76 bits per heavy atom. The number of aromatic nitrogens is 8. The van der Waals surface area contributed by atoms with Gasteiger partial charge in [0.2, 0.25) is 5.91 Å². The molecular formula is C25H19Cl2N9O2. The van der Waals surface area contributed by atoms with Crippen LogP contribution in [-0.4, -0.2) is 45.6 Å². The number of nitrogens with one attached hydrogen (secondary N) is 2. The van der Waals surface area contributed by atoms with Crippen molar-refractivity contribution in [1.29, 1.82) is 0 Å². The molecule has 38 heavy (non-hydrogen) atoms. The number of fused-ring (bicyclic) bond motifs is 1. The maximum absolute atomic E-state index is 13.4. The number of pyridine rings is 2. The van der Waals surface area contributed by atoms with Gasteiger partial charge in [0.15, 0.2) is 0 Å². The number of carbonyl (C=O) groups excluding carboxylic acids is 1. The van der Waals surface area contributed by atoms with Gasteiger partial charge in [-0.15, -0.1) is 5.10 Å². The fourth-order valence-electron chi connectivity index (χ4n) is 4.75. The number of aryl methyl sites for hydroxylation is 1. The summed E-state index contributed by atoms with van der Waals surface area (Å²) in [6.07, 6.45) is 4.55. The van der Waals surface area contributed by atoms with Crippen molar-refractivity contribution in [3.8, 4) is 28.1 Å². The number of H-pyrrole nitrogens is 1. The Bertz CT molecular complexity index is 1740. The maximum atomic E-state index is 13.4. The fraction of sp³-hybridized carbons (Fsp3) is 0.160. The van der Waals surface area contributed by atoms with Gasteiger partial charge in [-0.05, 0) is 65.2 Å². The molecular weight excluding hydrogens is 529 g/mol. The highest BCUT2D eigenvalue weighted by atomic mass is 35.5. The van der Waals surface area contributed by atoms with Crippen molar-refractivity contribution < 1.29 is 4.79 Å². The van der Waals surface area contributed by atoms with Gasteiger partial charge in [-0.1, -0.05) is 23.2 Å². The molecule has 0 saturated carbocycles. The first-order chi connectivity index (χ1) is 18.4. The highest BCUT2D eigenvalue weighted by Gasteiger charge is 2.28. The molecule has 0 radical (unpaired) electrons. The summed E-state index contributed by atoms with van der Waals surface area (Å²) >= 11 is 12.7. The SMILES string of the molecule is CC(=O)Nc1ccc(-c2cnc([C@@H]3CCc4cc(-c5cc(Cl)ccc5-n5cnnn5)cc(=O)n43)[nH]2)c(Cl)n1. The number of carbonyl (C=O) groups is 1. The van der Waals surface area contributed by atoms with E-state index in [2.05, 4.69) is 35.8 Å². The van der Waals surface area contributed by atoms with Gasteiger partial charge >= 0.3 is 0 Å². The molecule has 11 nitrogen and oxygen atoms in total. The number of anilines is 1. The minimum Gasteiger partial charge on any atom is -0.340 e. The van der Waals surface area contributed by atoms with Crippen LogP contribution in [0, 0.1) is 0 Å². The molecule has 2 N–H and O–H groups in total. The van der Waals surface area contributed by atoms with Crippen molar-refractivity contribution in [2.75, 3.05) is 5.32 Å². The van der Waals surface area contributed by atoms with E-state index in [1.165, 1.54) is 17.9 Å². The second-order valence-electron chi connectivity index (χ2n) is 8.81. The lowest BCUT2D eigenvalue weighted by Gasteiger charge is -2.15. The first-order valence-corrected chi connectivity index (χ1v) is 12.4. The zero-order valence-corrected chi connectivity index (χ0v) is 21.4. The average molecular weight is 548 g/mol. The van der Waals surface area contributed by atoms with E-state index in [9.17, 15) is 9.59 Å². The molecule has 1 atom stereocenters. The molecule has 4 aromatic heterocycles. The van der Waals surface area contributed by atoms with E-state index in [4.69, 9.17) is 23.2 Å². The van der Waals surface area contributed by atoms with Crippen LogP contribution in [0.2, 0.25) is 10.2 Å². The Kier molecular flexibility index (Phi) is 6.01. The Balaban J connectivity index is 1.34. The summed E-state index contributed by atoms with van der Waals surface area (Å²) < 4.78 is 3.29. The minimum atomic E-state index is -0.260. The topological polar surface area (TPSA) is 136 Å². The highest BCUT2D eigenvalue weighted by Crippen LogP contribution is 2.35. The predicted octanol–water partition coefficient (Wildman–Crippen LogP) is 4.08. The molecule has 0 spiro atoms. The lowest BCUT2D eigenvalue weighted by molar-refractivity contribution is -0.114. The van der Waals surface area contributed by atoms with Gasteiger partial charge in [-0.3, -0.25) is 9.59 Å². The summed E-state index contributed by atoms with van der Waals surface area (Å²) in [5, 5.41) is 14.8. The van der Waals surface area contributed by atoms with Crippen LogP contribution in [-0.2, 0) is 11.2 Å². The van der Waals surface area contributed by atoms with E-state index in [-0.39, 0.29) is 22.7 Å². The number of aromatic amines is 1. The van der Waals surface area contributed by atoms with Crippen molar-refractivity contribution in [2.24, 2.45) is 0 Å². The molecule has 5 heterocycles. The van der Waals surface area contributed by atoms with Crippen LogP contribution in [0.15, 0.2) is 59.8 Å². The molecule has 0 saturated heterocycles. The highest BCUT2D eigenvalue weighted by molar-refractivity contribution is 6.32. The number of amides is 1. The van der Waals surface area contributed by atoms with Gasteiger partial charge in [0.05, 0.1) is 23.6 Å². The number of hydrogen-bond acceptors (Lipinski definition) is 7. The van der Waals surface area contributed by atoms with Crippen LogP contribution >= 0.6 is 23.2 Å². The van der Waals surface area contributed by atoms with Crippen LogP contribution in [0.3, 0.4) is 0 Å². The molecule has 0 unspecified atom stereocenters. The third-order valence-electron chi connectivity index (χ3n) is 6.35. The Hall–Kier alpha value is -4.35. The Morgan fingerprint density at radius 1 is 1.13 bits per heavy atom. The number of hydrogen-bond donors (Lipinski definition) is 2. The van der Waals surface area contributed by atoms with E-state index in [1.54, 1.807) is 41.1 Å². The smallest absolute Gasteiger partial charge is 0.252 e. The lowest BCUT2D eigenvalue weighted by atomic mass is 10.0. The standard InChI is InChI=1S/C25H19Cl2N9O2/c1-13(37)30-22-7-4-17(24(27)32-22)19-11-28-25(31-19)21-6-3-16-8-14(9-23(38)36(16)21)18-10-15(26)2-5-20(18)35-12-29-33-34-35/h2,4-5,7-12,21H,3,6H2,1H3,(H,28,31)(H,30,32,37)/t21-/m0/s1. The largest absolute Gasteiger partial charge is 0.340 e. The van der Waals surface area contributed by atoms with Gasteiger partial charge < -0.3 is 14.9 Å². The summed E-state index contributed by atoms with van der Waals surface area (Å²) in [5.41, 5.74) is 4.22. The third kappa shape index (κ3) is 4.35. The minimum absolute atomic E-state index is 0.153. The van der Waals surface area contributed by atoms with Crippen molar-refractivity contribution in [1.82, 2.24) is 39.7 Å². The molecule has 0 fully saturated rings. The van der Waals surface area contributed by atoms with Crippen molar-refractivity contribution in [3.05, 3.63) is 87.0 Å². The van der Waals surface area contributed by atoms with Gasteiger partial charge in [-0.25, -0.2) is 9.97 Å². The molecule has 1 aliphatic heterocycles. The number of rotatable bonds is 5. The van der Waals surface area contributed by atoms with Gasteiger partial charge in [0.25, 0.3) is 5.56 Å². The summed E-state index contributed by atoms with van der Waals surface area (Å²) in [5.74, 6) is 0.773. The van der Waals surface area contributed by atoms with E-state index in [0.717, 1.165) is 16.8 Å². The number of imidazole rings is 1. The van der Waals surface area contributed by atoms with Crippen LogP contribution < -0.4 is 10.9 Å². The van der Waals surface area contributed by atoms with Crippen molar-refractivity contribution in [2.45, 2.75) is 25.8 Å². The molecule has 1 amide bonds. The number of tetrazole rings is 1. The molecule has 1 aliphatic rings. The average Bonchev–Trinajstić information content (AvgIpc) is 3.64. The molecule has 1 aromatic carbocycles. The van der Waals surface area contributed by atoms with Crippen LogP contribution in [0.1, 0.15) is 30.9 Å². The van der Waals surface area contributed by atoms with Crippen LogP contribution in [0.4, 0.5) is 5.82 Å². The summed E-state index contributed by atoms with van der Waals surface area (Å²) in [7, 11) is 0. The third-order valence-corrected chi connectivity index (χ3v) is 6.88. The zero-order valence-electron chi connectivity index (χ0n) is 19.9. The number of nitrogens with zero attached hydrogens (tertiary/aromatic N) is 7. The predicted molar refractivity (Wildman–Crippen MR) is 141 cm³/mol. The van der Waals surface area contributed by atoms with Gasteiger partial charge in [0.1, 0.15) is 23.1 Å². The number of halogens is 2. The Morgan fingerprint density at radius 2 is 2.00 bits per heavy atom. The monoisotopic (exact) mass is 547 g/mol.